The number of nitrogens with zero attached hydrogens (tertiary/aromatic N) is 2. The molecule has 27 heavy (non-hydrogen) atoms. The zero-order chi connectivity index (χ0) is 20.0. The van der Waals surface area contributed by atoms with Crippen LogP contribution in [0.25, 0.3) is 0 Å². The number of hydrogen-bond acceptors (Lipinski definition) is 3. The number of sulfonamides is 1. The predicted molar refractivity (Wildman–Crippen MR) is 103 cm³/mol. The average molecular weight is 392 g/mol. The van der Waals surface area contributed by atoms with E-state index < -0.39 is 21.7 Å². The summed E-state index contributed by atoms with van der Waals surface area (Å²) in [5.74, 6) is -1.26. The Bertz CT molecular complexity index is 881. The van der Waals surface area contributed by atoms with Crippen molar-refractivity contribution in [1.82, 2.24) is 9.21 Å². The number of carbonyl (C=O) groups excluding carboxylic acids is 1. The van der Waals surface area contributed by atoms with Crippen molar-refractivity contribution in [2.45, 2.75) is 32.2 Å². The Labute approximate surface area is 160 Å². The Morgan fingerprint density at radius 2 is 1.59 bits per heavy atom. The summed E-state index contributed by atoms with van der Waals surface area (Å²) in [5.41, 5.74) is 0.682. The lowest BCUT2D eigenvalue weighted by atomic mass is 10.1. The molecule has 146 valence electrons. The molecule has 0 N–H and O–H groups in total. The van der Waals surface area contributed by atoms with E-state index in [-0.39, 0.29) is 10.5 Å². The first-order chi connectivity index (χ1) is 12.8. The third-order valence-corrected chi connectivity index (χ3v) is 6.44. The molecule has 7 heteroatoms. The molecule has 0 spiro atoms. The van der Waals surface area contributed by atoms with Crippen molar-refractivity contribution in [3.63, 3.8) is 0 Å². The largest absolute Gasteiger partial charge is 0.335 e. The molecule has 5 nitrogen and oxygen atoms in total. The minimum Gasteiger partial charge on any atom is -0.335 e. The highest BCUT2D eigenvalue weighted by atomic mass is 32.2. The molecule has 0 aliphatic rings. The Morgan fingerprint density at radius 3 is 2.15 bits per heavy atom. The lowest BCUT2D eigenvalue weighted by Gasteiger charge is -2.22. The predicted octanol–water partition coefficient (Wildman–Crippen LogP) is 3.52. The summed E-state index contributed by atoms with van der Waals surface area (Å²) in [5, 5.41) is 0. The molecule has 0 fully saturated rings. The number of rotatable bonds is 8. The first-order valence-corrected chi connectivity index (χ1v) is 10.4. The quantitative estimate of drug-likeness (QED) is 0.691. The van der Waals surface area contributed by atoms with Crippen molar-refractivity contribution < 1.29 is 17.6 Å². The lowest BCUT2D eigenvalue weighted by molar-refractivity contribution is 0.0747. The van der Waals surface area contributed by atoms with Crippen molar-refractivity contribution in [3.05, 3.63) is 65.5 Å². The highest BCUT2D eigenvalue weighted by molar-refractivity contribution is 7.89. The first kappa shape index (κ1) is 21.1. The lowest BCUT2D eigenvalue weighted by Crippen LogP contribution is -2.32. The fourth-order valence-corrected chi connectivity index (χ4v) is 4.33. The Balaban J connectivity index is 2.38. The van der Waals surface area contributed by atoms with Gasteiger partial charge in [-0.1, -0.05) is 44.2 Å². The molecule has 2 aromatic rings. The Kier molecular flexibility index (Phi) is 7.10. The van der Waals surface area contributed by atoms with E-state index in [2.05, 4.69) is 0 Å². The maximum Gasteiger partial charge on any atom is 0.257 e. The minimum atomic E-state index is -3.77. The summed E-state index contributed by atoms with van der Waals surface area (Å²) in [4.78, 5) is 14.3. The van der Waals surface area contributed by atoms with Gasteiger partial charge in [0.05, 0.1) is 10.5 Å². The van der Waals surface area contributed by atoms with Gasteiger partial charge < -0.3 is 4.90 Å². The molecular weight excluding hydrogens is 367 g/mol. The molecule has 0 radical (unpaired) electrons. The molecule has 0 atom stereocenters. The maximum atomic E-state index is 14.4. The summed E-state index contributed by atoms with van der Waals surface area (Å²) < 4.78 is 41.0. The average Bonchev–Trinajstić information content (AvgIpc) is 2.67. The normalized spacial score (nSPS) is 11.6. The van der Waals surface area contributed by atoms with E-state index in [1.165, 1.54) is 15.3 Å². The molecule has 2 rings (SSSR count). The van der Waals surface area contributed by atoms with Crippen LogP contribution in [0.2, 0.25) is 0 Å². The number of halogens is 1. The second kappa shape index (κ2) is 9.10. The van der Waals surface area contributed by atoms with E-state index >= 15 is 0 Å². The molecule has 0 saturated heterocycles. The third-order valence-electron chi connectivity index (χ3n) is 4.40. The van der Waals surface area contributed by atoms with Crippen LogP contribution in [0.3, 0.4) is 0 Å². The highest BCUT2D eigenvalue weighted by Gasteiger charge is 2.25. The molecule has 0 aromatic heterocycles. The van der Waals surface area contributed by atoms with Gasteiger partial charge in [-0.3, -0.25) is 4.79 Å². The number of amides is 1. The maximum absolute atomic E-state index is 14.4. The van der Waals surface area contributed by atoms with Gasteiger partial charge in [-0.15, -0.1) is 0 Å². The second-order valence-electron chi connectivity index (χ2n) is 6.04. The molecule has 2 aromatic carbocycles. The van der Waals surface area contributed by atoms with Gasteiger partial charge in [0.15, 0.2) is 0 Å². The molecule has 0 aliphatic heterocycles. The van der Waals surface area contributed by atoms with Crippen molar-refractivity contribution >= 4 is 15.9 Å². The van der Waals surface area contributed by atoms with Gasteiger partial charge in [0.1, 0.15) is 5.82 Å². The van der Waals surface area contributed by atoms with Crippen LogP contribution in [0, 0.1) is 5.82 Å². The van der Waals surface area contributed by atoms with E-state index in [4.69, 9.17) is 0 Å². The zero-order valence-electron chi connectivity index (χ0n) is 15.9. The van der Waals surface area contributed by atoms with Crippen molar-refractivity contribution in [3.8, 4) is 0 Å². The van der Waals surface area contributed by atoms with Crippen LogP contribution in [0.15, 0.2) is 53.4 Å². The fourth-order valence-electron chi connectivity index (χ4n) is 2.84. The van der Waals surface area contributed by atoms with E-state index in [0.29, 0.717) is 26.2 Å². The smallest absolute Gasteiger partial charge is 0.257 e. The van der Waals surface area contributed by atoms with Gasteiger partial charge in [0, 0.05) is 26.2 Å². The van der Waals surface area contributed by atoms with Gasteiger partial charge in [-0.25, -0.2) is 12.8 Å². The van der Waals surface area contributed by atoms with Crippen LogP contribution in [0.5, 0.6) is 0 Å². The summed E-state index contributed by atoms with van der Waals surface area (Å²) >= 11 is 0. The molecule has 0 heterocycles. The van der Waals surface area contributed by atoms with Crippen molar-refractivity contribution in [2.24, 2.45) is 0 Å². The zero-order valence-corrected chi connectivity index (χ0v) is 16.7. The third kappa shape index (κ3) is 4.73. The van der Waals surface area contributed by atoms with Gasteiger partial charge in [-0.05, 0) is 30.7 Å². The summed E-state index contributed by atoms with van der Waals surface area (Å²) in [6.45, 7) is 6.56. The van der Waals surface area contributed by atoms with Crippen LogP contribution in [-0.4, -0.2) is 43.2 Å². The first-order valence-electron chi connectivity index (χ1n) is 8.98. The number of hydrogen-bond donors (Lipinski definition) is 0. The molecule has 1 amide bonds. The van der Waals surface area contributed by atoms with E-state index in [9.17, 15) is 17.6 Å². The van der Waals surface area contributed by atoms with E-state index in [1.54, 1.807) is 20.8 Å². The Morgan fingerprint density at radius 1 is 0.963 bits per heavy atom. The molecule has 0 aliphatic carbocycles. The van der Waals surface area contributed by atoms with E-state index in [1.807, 2.05) is 30.3 Å². The minimum absolute atomic E-state index is 0.0771. The molecule has 0 unspecified atom stereocenters. The van der Waals surface area contributed by atoms with Crippen LogP contribution in [0.4, 0.5) is 4.39 Å². The Hall–Kier alpha value is -2.25. The summed E-state index contributed by atoms with van der Waals surface area (Å²) in [6.07, 6.45) is 0. The fraction of sp³-hybridized carbons (Fsp3) is 0.350. The topological polar surface area (TPSA) is 57.7 Å². The highest BCUT2D eigenvalue weighted by Crippen LogP contribution is 2.21. The van der Waals surface area contributed by atoms with Crippen LogP contribution in [-0.2, 0) is 16.6 Å². The van der Waals surface area contributed by atoms with Crippen LogP contribution < -0.4 is 0 Å². The van der Waals surface area contributed by atoms with Crippen LogP contribution >= 0.6 is 0 Å². The van der Waals surface area contributed by atoms with Crippen molar-refractivity contribution in [2.75, 3.05) is 19.6 Å². The SMILES string of the molecule is CCN(Cc1ccccc1)C(=O)c1cc(S(=O)(=O)N(CC)CC)ccc1F. The molecular formula is C20H25FN2O3S. The van der Waals surface area contributed by atoms with Crippen molar-refractivity contribution in [1.29, 1.82) is 0 Å². The molecule has 0 saturated carbocycles. The standard InChI is InChI=1S/C20H25FN2O3S/c1-4-22(15-16-10-8-7-9-11-16)20(24)18-14-17(12-13-19(18)21)27(25,26)23(5-2)6-3/h7-14H,4-6,15H2,1-3H3. The number of benzene rings is 2. The van der Waals surface area contributed by atoms with Gasteiger partial charge in [0.25, 0.3) is 5.91 Å². The monoisotopic (exact) mass is 392 g/mol. The second-order valence-corrected chi connectivity index (χ2v) is 7.97. The van der Waals surface area contributed by atoms with E-state index in [0.717, 1.165) is 17.7 Å². The van der Waals surface area contributed by atoms with Gasteiger partial charge >= 0.3 is 0 Å². The van der Waals surface area contributed by atoms with Gasteiger partial charge in [0.2, 0.25) is 10.0 Å². The summed E-state index contributed by atoms with van der Waals surface area (Å²) in [6, 6.07) is 12.8. The number of carbonyl (C=O) groups is 1. The van der Waals surface area contributed by atoms with Gasteiger partial charge in [-0.2, -0.15) is 4.31 Å². The van der Waals surface area contributed by atoms with Crippen LogP contribution in [0.1, 0.15) is 36.7 Å². The summed E-state index contributed by atoms with van der Waals surface area (Å²) in [7, 11) is -3.77. The molecule has 0 bridgehead atoms.